The number of nitrogens with zero attached hydrogens (tertiary/aromatic N) is 1. The van der Waals surface area contributed by atoms with Crippen LogP contribution in [0.3, 0.4) is 0 Å². The number of carbonyl (C=O) groups is 1. The molecule has 3 rings (SSSR count). The Balaban J connectivity index is 1.63. The number of amides is 1. The van der Waals surface area contributed by atoms with E-state index in [2.05, 4.69) is 36.2 Å². The highest BCUT2D eigenvalue weighted by atomic mass is 32.1. The van der Waals surface area contributed by atoms with E-state index in [1.54, 1.807) is 11.3 Å². The van der Waals surface area contributed by atoms with Crippen molar-refractivity contribution in [1.29, 1.82) is 0 Å². The minimum atomic E-state index is 0.0216. The first-order chi connectivity index (χ1) is 11.1. The SMILES string of the molecule is CC1COCC(C)N1c1ccc(NC(=O)Cc2cccs2)cc1. The molecular formula is C18H22N2O2S. The molecule has 0 aliphatic carbocycles. The van der Waals surface area contributed by atoms with Crippen LogP contribution in [0.15, 0.2) is 41.8 Å². The third-order valence-corrected chi connectivity index (χ3v) is 4.91. The van der Waals surface area contributed by atoms with Crippen LogP contribution < -0.4 is 10.2 Å². The van der Waals surface area contributed by atoms with E-state index in [0.717, 1.165) is 23.8 Å². The van der Waals surface area contributed by atoms with E-state index in [1.807, 2.05) is 29.6 Å². The summed E-state index contributed by atoms with van der Waals surface area (Å²) in [5.74, 6) is 0.0216. The van der Waals surface area contributed by atoms with Crippen LogP contribution in [-0.2, 0) is 16.0 Å². The van der Waals surface area contributed by atoms with Crippen LogP contribution in [0.25, 0.3) is 0 Å². The molecule has 1 aliphatic rings. The number of rotatable bonds is 4. The van der Waals surface area contributed by atoms with E-state index in [1.165, 1.54) is 5.69 Å². The normalized spacial score (nSPS) is 21.2. The Morgan fingerprint density at radius 3 is 2.52 bits per heavy atom. The second-order valence-electron chi connectivity index (χ2n) is 5.99. The Labute approximate surface area is 141 Å². The van der Waals surface area contributed by atoms with Gasteiger partial charge in [0.1, 0.15) is 0 Å². The molecule has 23 heavy (non-hydrogen) atoms. The molecule has 5 heteroatoms. The zero-order chi connectivity index (χ0) is 16.2. The Bertz CT molecular complexity index is 630. The van der Waals surface area contributed by atoms with Crippen LogP contribution >= 0.6 is 11.3 Å². The van der Waals surface area contributed by atoms with E-state index in [9.17, 15) is 4.79 Å². The molecule has 2 aromatic rings. The van der Waals surface area contributed by atoms with Gasteiger partial charge in [0.2, 0.25) is 5.91 Å². The smallest absolute Gasteiger partial charge is 0.229 e. The molecule has 1 fully saturated rings. The Morgan fingerprint density at radius 2 is 1.91 bits per heavy atom. The lowest BCUT2D eigenvalue weighted by Crippen LogP contribution is -2.49. The van der Waals surface area contributed by atoms with Crippen LogP contribution in [0.2, 0.25) is 0 Å². The number of thiophene rings is 1. The lowest BCUT2D eigenvalue weighted by atomic mass is 10.1. The van der Waals surface area contributed by atoms with E-state index in [4.69, 9.17) is 4.74 Å². The average molecular weight is 330 g/mol. The van der Waals surface area contributed by atoms with Crippen molar-refractivity contribution < 1.29 is 9.53 Å². The molecule has 0 bridgehead atoms. The van der Waals surface area contributed by atoms with Gasteiger partial charge in [-0.2, -0.15) is 0 Å². The second kappa shape index (κ2) is 7.15. The fraction of sp³-hybridized carbons (Fsp3) is 0.389. The van der Waals surface area contributed by atoms with Crippen molar-refractivity contribution in [3.63, 3.8) is 0 Å². The van der Waals surface area contributed by atoms with E-state index in [0.29, 0.717) is 18.5 Å². The highest BCUT2D eigenvalue weighted by Crippen LogP contribution is 2.25. The lowest BCUT2D eigenvalue weighted by Gasteiger charge is -2.40. The average Bonchev–Trinajstić information content (AvgIpc) is 3.01. The maximum Gasteiger partial charge on any atom is 0.229 e. The maximum absolute atomic E-state index is 12.0. The molecule has 1 amide bonds. The number of nitrogens with one attached hydrogen (secondary N) is 1. The van der Waals surface area contributed by atoms with Gasteiger partial charge in [-0.3, -0.25) is 4.79 Å². The summed E-state index contributed by atoms with van der Waals surface area (Å²) in [6.07, 6.45) is 0.428. The van der Waals surface area contributed by atoms with Crippen LogP contribution in [0.4, 0.5) is 11.4 Å². The monoisotopic (exact) mass is 330 g/mol. The van der Waals surface area contributed by atoms with Gasteiger partial charge in [-0.25, -0.2) is 0 Å². The summed E-state index contributed by atoms with van der Waals surface area (Å²) < 4.78 is 5.57. The zero-order valence-electron chi connectivity index (χ0n) is 13.5. The van der Waals surface area contributed by atoms with Crippen molar-refractivity contribution in [1.82, 2.24) is 0 Å². The summed E-state index contributed by atoms with van der Waals surface area (Å²) in [6, 6.07) is 12.7. The lowest BCUT2D eigenvalue weighted by molar-refractivity contribution is -0.115. The molecule has 2 atom stereocenters. The Kier molecular flexibility index (Phi) is 4.98. The molecule has 2 unspecified atom stereocenters. The van der Waals surface area contributed by atoms with Gasteiger partial charge in [0.05, 0.1) is 19.6 Å². The number of hydrogen-bond acceptors (Lipinski definition) is 4. The first-order valence-electron chi connectivity index (χ1n) is 7.92. The number of carbonyl (C=O) groups excluding carboxylic acids is 1. The Hall–Kier alpha value is -1.85. The van der Waals surface area contributed by atoms with Gasteiger partial charge in [-0.1, -0.05) is 6.07 Å². The summed E-state index contributed by atoms with van der Waals surface area (Å²) in [5.41, 5.74) is 2.01. The molecule has 1 aromatic carbocycles. The quantitative estimate of drug-likeness (QED) is 0.932. The van der Waals surface area contributed by atoms with Crippen LogP contribution in [-0.4, -0.2) is 31.2 Å². The molecule has 1 aliphatic heterocycles. The summed E-state index contributed by atoms with van der Waals surface area (Å²) in [6.45, 7) is 5.85. The van der Waals surface area contributed by atoms with Gasteiger partial charge in [0, 0.05) is 28.3 Å². The van der Waals surface area contributed by atoms with Gasteiger partial charge in [0.25, 0.3) is 0 Å². The van der Waals surface area contributed by atoms with Crippen molar-refractivity contribution in [2.45, 2.75) is 32.4 Å². The van der Waals surface area contributed by atoms with Crippen molar-refractivity contribution in [2.24, 2.45) is 0 Å². The van der Waals surface area contributed by atoms with Gasteiger partial charge < -0.3 is 15.0 Å². The number of morpholine rings is 1. The number of benzene rings is 1. The van der Waals surface area contributed by atoms with E-state index >= 15 is 0 Å². The third kappa shape index (κ3) is 3.92. The topological polar surface area (TPSA) is 41.6 Å². The number of anilines is 2. The van der Waals surface area contributed by atoms with E-state index in [-0.39, 0.29) is 5.91 Å². The van der Waals surface area contributed by atoms with Gasteiger partial charge in [0.15, 0.2) is 0 Å². The first-order valence-corrected chi connectivity index (χ1v) is 8.80. The fourth-order valence-electron chi connectivity index (χ4n) is 3.01. The standard InChI is InChI=1S/C18H22N2O2S/c1-13-11-22-12-14(2)20(13)16-7-5-15(6-8-16)19-18(21)10-17-4-3-9-23-17/h3-9,13-14H,10-12H2,1-2H3,(H,19,21). The zero-order valence-corrected chi connectivity index (χ0v) is 14.3. The largest absolute Gasteiger partial charge is 0.377 e. The van der Waals surface area contributed by atoms with Gasteiger partial charge in [-0.15, -0.1) is 11.3 Å². The molecule has 4 nitrogen and oxygen atoms in total. The summed E-state index contributed by atoms with van der Waals surface area (Å²) >= 11 is 1.60. The summed E-state index contributed by atoms with van der Waals surface area (Å²) in [7, 11) is 0. The molecule has 0 spiro atoms. The highest BCUT2D eigenvalue weighted by Gasteiger charge is 2.25. The van der Waals surface area contributed by atoms with Crippen LogP contribution in [0.5, 0.6) is 0 Å². The van der Waals surface area contributed by atoms with Crippen molar-refractivity contribution >= 4 is 28.6 Å². The fourth-order valence-corrected chi connectivity index (χ4v) is 3.71. The van der Waals surface area contributed by atoms with Gasteiger partial charge >= 0.3 is 0 Å². The molecule has 1 aromatic heterocycles. The highest BCUT2D eigenvalue weighted by molar-refractivity contribution is 7.10. The Morgan fingerprint density at radius 1 is 1.22 bits per heavy atom. The molecule has 1 N–H and O–H groups in total. The molecule has 0 radical (unpaired) electrons. The van der Waals surface area contributed by atoms with Crippen molar-refractivity contribution in [2.75, 3.05) is 23.4 Å². The van der Waals surface area contributed by atoms with Crippen molar-refractivity contribution in [3.8, 4) is 0 Å². The molecule has 122 valence electrons. The number of ether oxygens (including phenoxy) is 1. The third-order valence-electron chi connectivity index (χ3n) is 4.03. The molecule has 1 saturated heterocycles. The molecule has 0 saturated carbocycles. The van der Waals surface area contributed by atoms with Crippen molar-refractivity contribution in [3.05, 3.63) is 46.7 Å². The van der Waals surface area contributed by atoms with E-state index < -0.39 is 0 Å². The molecule has 2 heterocycles. The van der Waals surface area contributed by atoms with Gasteiger partial charge in [-0.05, 0) is 49.6 Å². The minimum absolute atomic E-state index is 0.0216. The van der Waals surface area contributed by atoms with Crippen LogP contribution in [0.1, 0.15) is 18.7 Å². The summed E-state index contributed by atoms with van der Waals surface area (Å²) in [4.78, 5) is 15.5. The number of hydrogen-bond donors (Lipinski definition) is 1. The maximum atomic E-state index is 12.0. The first kappa shape index (κ1) is 16.0. The summed E-state index contributed by atoms with van der Waals surface area (Å²) in [5, 5.41) is 4.95. The predicted molar refractivity (Wildman–Crippen MR) is 95.3 cm³/mol. The van der Waals surface area contributed by atoms with Crippen LogP contribution in [0, 0.1) is 0 Å². The second-order valence-corrected chi connectivity index (χ2v) is 7.03. The predicted octanol–water partition coefficient (Wildman–Crippen LogP) is 3.54. The molecular weight excluding hydrogens is 308 g/mol. The minimum Gasteiger partial charge on any atom is -0.377 e.